The first-order chi connectivity index (χ1) is 13.8. The average Bonchev–Trinajstić information content (AvgIpc) is 2.65. The zero-order chi connectivity index (χ0) is 21.0. The summed E-state index contributed by atoms with van der Waals surface area (Å²) in [5.74, 6) is 1.20. The third kappa shape index (κ3) is 5.36. The smallest absolute Gasteiger partial charge is 0.261 e. The fourth-order valence-corrected chi connectivity index (χ4v) is 3.92. The standard InChI is InChI=1S/C20H22ClN5O2S/c1-4-22-20-23-14(3)11-19(25-20)24-15-6-8-16(9-7-15)26-29(27,28)17-10-5-13(2)18(21)12-17/h5-12,26H,4H2,1-3H3,(H2,22,23,24,25). The molecule has 0 fully saturated rings. The Kier molecular flexibility index (Phi) is 6.24. The van der Waals surface area contributed by atoms with Gasteiger partial charge in [0.05, 0.1) is 4.90 Å². The normalized spacial score (nSPS) is 11.2. The van der Waals surface area contributed by atoms with Gasteiger partial charge in [0.2, 0.25) is 5.95 Å². The molecule has 0 saturated carbocycles. The predicted octanol–water partition coefficient (Wildman–Crippen LogP) is 4.72. The Morgan fingerprint density at radius 3 is 2.31 bits per heavy atom. The zero-order valence-corrected chi connectivity index (χ0v) is 17.9. The summed E-state index contributed by atoms with van der Waals surface area (Å²) in [6.45, 7) is 6.41. The van der Waals surface area contributed by atoms with Crippen molar-refractivity contribution in [3.63, 3.8) is 0 Å². The number of aromatic nitrogens is 2. The topological polar surface area (TPSA) is 96.0 Å². The molecule has 0 unspecified atom stereocenters. The molecule has 0 amide bonds. The second kappa shape index (κ2) is 8.67. The van der Waals surface area contributed by atoms with Crippen LogP contribution in [0.15, 0.2) is 53.4 Å². The molecule has 0 radical (unpaired) electrons. The van der Waals surface area contributed by atoms with Gasteiger partial charge >= 0.3 is 0 Å². The van der Waals surface area contributed by atoms with E-state index in [4.69, 9.17) is 11.6 Å². The molecule has 0 spiro atoms. The molecule has 7 nitrogen and oxygen atoms in total. The maximum absolute atomic E-state index is 12.6. The Hall–Kier alpha value is -2.84. The van der Waals surface area contributed by atoms with E-state index in [-0.39, 0.29) is 4.90 Å². The van der Waals surface area contributed by atoms with Gasteiger partial charge in [-0.15, -0.1) is 0 Å². The average molecular weight is 432 g/mol. The second-order valence-electron chi connectivity index (χ2n) is 6.47. The van der Waals surface area contributed by atoms with Gasteiger partial charge in [-0.2, -0.15) is 4.98 Å². The fourth-order valence-electron chi connectivity index (χ4n) is 2.59. The number of halogens is 1. The summed E-state index contributed by atoms with van der Waals surface area (Å²) in [5.41, 5.74) is 2.87. The van der Waals surface area contributed by atoms with Gasteiger partial charge in [-0.05, 0) is 62.7 Å². The number of aryl methyl sites for hydroxylation is 2. The van der Waals surface area contributed by atoms with Crippen LogP contribution in [-0.4, -0.2) is 24.9 Å². The lowest BCUT2D eigenvalue weighted by Gasteiger charge is -2.11. The zero-order valence-electron chi connectivity index (χ0n) is 16.3. The molecule has 1 aromatic heterocycles. The number of nitrogens with zero attached hydrogens (tertiary/aromatic N) is 2. The van der Waals surface area contributed by atoms with Crippen molar-refractivity contribution >= 4 is 44.8 Å². The quantitative estimate of drug-likeness (QED) is 0.500. The minimum absolute atomic E-state index is 0.114. The highest BCUT2D eigenvalue weighted by Gasteiger charge is 2.15. The van der Waals surface area contributed by atoms with Gasteiger partial charge in [-0.3, -0.25) is 4.72 Å². The van der Waals surface area contributed by atoms with E-state index in [0.29, 0.717) is 22.5 Å². The minimum atomic E-state index is -3.73. The van der Waals surface area contributed by atoms with Gasteiger partial charge in [-0.1, -0.05) is 17.7 Å². The third-order valence-corrected chi connectivity index (χ3v) is 5.84. The van der Waals surface area contributed by atoms with E-state index < -0.39 is 10.0 Å². The van der Waals surface area contributed by atoms with Crippen molar-refractivity contribution in [2.75, 3.05) is 21.9 Å². The maximum atomic E-state index is 12.6. The highest BCUT2D eigenvalue weighted by Crippen LogP contribution is 2.24. The van der Waals surface area contributed by atoms with Crippen LogP contribution in [0, 0.1) is 13.8 Å². The first-order valence-electron chi connectivity index (χ1n) is 9.02. The molecule has 0 bridgehead atoms. The van der Waals surface area contributed by atoms with Gasteiger partial charge < -0.3 is 10.6 Å². The Labute approximate surface area is 175 Å². The van der Waals surface area contributed by atoms with Crippen molar-refractivity contribution in [3.05, 3.63) is 64.8 Å². The molecule has 3 N–H and O–H groups in total. The Morgan fingerprint density at radius 1 is 0.966 bits per heavy atom. The number of hydrogen-bond acceptors (Lipinski definition) is 6. The predicted molar refractivity (Wildman–Crippen MR) is 118 cm³/mol. The van der Waals surface area contributed by atoms with E-state index in [0.717, 1.165) is 23.5 Å². The molecule has 3 rings (SSSR count). The molecule has 2 aromatic carbocycles. The molecule has 3 aromatic rings. The summed E-state index contributed by atoms with van der Waals surface area (Å²) < 4.78 is 27.7. The number of hydrogen-bond donors (Lipinski definition) is 3. The van der Waals surface area contributed by atoms with E-state index in [1.54, 1.807) is 30.3 Å². The molecule has 1 heterocycles. The highest BCUT2D eigenvalue weighted by molar-refractivity contribution is 7.92. The fraction of sp³-hybridized carbons (Fsp3) is 0.200. The van der Waals surface area contributed by atoms with Crippen molar-refractivity contribution in [1.29, 1.82) is 0 Å². The van der Waals surface area contributed by atoms with E-state index in [9.17, 15) is 8.42 Å². The number of nitrogens with one attached hydrogen (secondary N) is 3. The number of rotatable bonds is 7. The molecule has 9 heteroatoms. The molecular formula is C20H22ClN5O2S. The maximum Gasteiger partial charge on any atom is 0.261 e. The summed E-state index contributed by atoms with van der Waals surface area (Å²) >= 11 is 6.05. The van der Waals surface area contributed by atoms with E-state index in [2.05, 4.69) is 25.3 Å². The van der Waals surface area contributed by atoms with Crippen molar-refractivity contribution in [3.8, 4) is 0 Å². The largest absolute Gasteiger partial charge is 0.354 e. The number of anilines is 4. The van der Waals surface area contributed by atoms with Gasteiger partial charge in [0.1, 0.15) is 5.82 Å². The highest BCUT2D eigenvalue weighted by atomic mass is 35.5. The van der Waals surface area contributed by atoms with Crippen LogP contribution in [0.5, 0.6) is 0 Å². The van der Waals surface area contributed by atoms with E-state index >= 15 is 0 Å². The molecule has 0 aliphatic carbocycles. The molecular weight excluding hydrogens is 410 g/mol. The first kappa shape index (κ1) is 20.9. The van der Waals surface area contributed by atoms with Gasteiger partial charge in [0, 0.05) is 34.7 Å². The molecule has 0 aliphatic heterocycles. The van der Waals surface area contributed by atoms with Crippen molar-refractivity contribution in [1.82, 2.24) is 9.97 Å². The van der Waals surface area contributed by atoms with Crippen molar-refractivity contribution in [2.45, 2.75) is 25.7 Å². The molecule has 29 heavy (non-hydrogen) atoms. The summed E-state index contributed by atoms with van der Waals surface area (Å²) in [6, 6.07) is 13.4. The van der Waals surface area contributed by atoms with Crippen LogP contribution in [0.1, 0.15) is 18.2 Å². The molecule has 0 atom stereocenters. The number of benzene rings is 2. The monoisotopic (exact) mass is 431 g/mol. The Balaban J connectivity index is 1.74. The van der Waals surface area contributed by atoms with E-state index in [1.165, 1.54) is 12.1 Å². The van der Waals surface area contributed by atoms with Gasteiger partial charge in [0.25, 0.3) is 10.0 Å². The summed E-state index contributed by atoms with van der Waals surface area (Å²) in [4.78, 5) is 8.82. The Morgan fingerprint density at radius 2 is 1.66 bits per heavy atom. The van der Waals surface area contributed by atoms with Crippen LogP contribution >= 0.6 is 11.6 Å². The molecule has 0 saturated heterocycles. The van der Waals surface area contributed by atoms with Crippen LogP contribution in [-0.2, 0) is 10.0 Å². The van der Waals surface area contributed by atoms with Crippen LogP contribution in [0.25, 0.3) is 0 Å². The first-order valence-corrected chi connectivity index (χ1v) is 10.9. The molecule has 0 aliphatic rings. The lowest BCUT2D eigenvalue weighted by Crippen LogP contribution is -2.13. The minimum Gasteiger partial charge on any atom is -0.354 e. The number of sulfonamides is 1. The second-order valence-corrected chi connectivity index (χ2v) is 8.56. The lowest BCUT2D eigenvalue weighted by molar-refractivity contribution is 0.601. The van der Waals surface area contributed by atoms with E-state index in [1.807, 2.05) is 26.8 Å². The van der Waals surface area contributed by atoms with Crippen molar-refractivity contribution < 1.29 is 8.42 Å². The van der Waals surface area contributed by atoms with Crippen LogP contribution < -0.4 is 15.4 Å². The summed E-state index contributed by atoms with van der Waals surface area (Å²) in [6.07, 6.45) is 0. The van der Waals surface area contributed by atoms with Gasteiger partial charge in [0.15, 0.2) is 0 Å². The Bertz CT molecular complexity index is 1120. The van der Waals surface area contributed by atoms with Crippen LogP contribution in [0.3, 0.4) is 0 Å². The van der Waals surface area contributed by atoms with Crippen LogP contribution in [0.2, 0.25) is 5.02 Å². The van der Waals surface area contributed by atoms with Crippen molar-refractivity contribution in [2.24, 2.45) is 0 Å². The SMILES string of the molecule is CCNc1nc(C)cc(Nc2ccc(NS(=O)(=O)c3ccc(C)c(Cl)c3)cc2)n1. The van der Waals surface area contributed by atoms with Gasteiger partial charge in [-0.25, -0.2) is 13.4 Å². The summed E-state index contributed by atoms with van der Waals surface area (Å²) in [5, 5.41) is 6.68. The van der Waals surface area contributed by atoms with Crippen LogP contribution in [0.4, 0.5) is 23.1 Å². The molecule has 152 valence electrons. The lowest BCUT2D eigenvalue weighted by atomic mass is 10.2. The summed E-state index contributed by atoms with van der Waals surface area (Å²) in [7, 11) is -3.73. The third-order valence-electron chi connectivity index (χ3n) is 4.05.